The predicted octanol–water partition coefficient (Wildman–Crippen LogP) is 9.16. The number of nitrogens with two attached hydrogens (primary N) is 1. The van der Waals surface area contributed by atoms with Crippen LogP contribution in [0.5, 0.6) is 11.5 Å². The second kappa shape index (κ2) is 18.8. The van der Waals surface area contributed by atoms with E-state index in [-0.39, 0.29) is 12.7 Å². The molecule has 0 aliphatic rings. The molecule has 1 aromatic heterocycles. The van der Waals surface area contributed by atoms with E-state index in [1.807, 2.05) is 32.0 Å². The molecule has 8 nitrogen and oxygen atoms in total. The molecule has 4 rings (SSSR count). The number of methoxy groups -OCH3 is 1. The Balaban J connectivity index is 1.52. The zero-order valence-corrected chi connectivity index (χ0v) is 30.7. The summed E-state index contributed by atoms with van der Waals surface area (Å²) in [5.41, 5.74) is 15.6. The molecule has 0 aliphatic heterocycles. The van der Waals surface area contributed by atoms with Gasteiger partial charge in [0.1, 0.15) is 12.4 Å². The molecule has 4 N–H and O–H groups in total. The average Bonchev–Trinajstić information content (AvgIpc) is 3.11. The molecular formula is C42H54N4O4. The first-order chi connectivity index (χ1) is 24.1. The average molecular weight is 679 g/mol. The summed E-state index contributed by atoms with van der Waals surface area (Å²) >= 11 is 0. The van der Waals surface area contributed by atoms with Crippen LogP contribution in [0.25, 0.3) is 27.8 Å². The molecule has 50 heavy (non-hydrogen) atoms. The molecule has 0 aliphatic carbocycles. The van der Waals surface area contributed by atoms with Gasteiger partial charge in [-0.3, -0.25) is 0 Å². The number of nitrogens with one attached hydrogen (secondary N) is 1. The maximum Gasteiger partial charge on any atom is 0.161 e. The van der Waals surface area contributed by atoms with Crippen LogP contribution in [-0.2, 0) is 4.74 Å². The van der Waals surface area contributed by atoms with Crippen LogP contribution in [0.15, 0.2) is 97.1 Å². The number of aliphatic hydroxyl groups excluding tert-OH is 1. The Kier molecular flexibility index (Phi) is 14.3. The van der Waals surface area contributed by atoms with Gasteiger partial charge in [-0.05, 0) is 99.6 Å². The number of nitrogens with zero attached hydrogens (tertiary/aromatic N) is 2. The molecule has 2 unspecified atom stereocenters. The summed E-state index contributed by atoms with van der Waals surface area (Å²) in [7, 11) is 1.64. The van der Waals surface area contributed by atoms with Gasteiger partial charge in [0, 0.05) is 60.9 Å². The molecular weight excluding hydrogens is 624 g/mol. The van der Waals surface area contributed by atoms with Crippen LogP contribution < -0.4 is 20.5 Å². The largest absolute Gasteiger partial charge is 0.493 e. The quantitative estimate of drug-likeness (QED) is 0.0958. The fraction of sp³-hybridized carbons (Fsp3) is 0.357. The number of benzene rings is 3. The van der Waals surface area contributed by atoms with Crippen molar-refractivity contribution in [2.75, 3.05) is 44.5 Å². The monoisotopic (exact) mass is 678 g/mol. The minimum absolute atomic E-state index is 0.0174. The van der Waals surface area contributed by atoms with Gasteiger partial charge in [0.25, 0.3) is 0 Å². The lowest BCUT2D eigenvalue weighted by atomic mass is 10.0. The summed E-state index contributed by atoms with van der Waals surface area (Å²) in [6.45, 7) is 14.5. The van der Waals surface area contributed by atoms with E-state index in [9.17, 15) is 5.11 Å². The highest BCUT2D eigenvalue weighted by molar-refractivity contribution is 5.80. The van der Waals surface area contributed by atoms with Gasteiger partial charge in [-0.15, -0.1) is 0 Å². The van der Waals surface area contributed by atoms with Gasteiger partial charge in [0.2, 0.25) is 0 Å². The fourth-order valence-corrected chi connectivity index (χ4v) is 5.80. The lowest BCUT2D eigenvalue weighted by molar-refractivity contribution is 0.0395. The van der Waals surface area contributed by atoms with Crippen molar-refractivity contribution < 1.29 is 19.3 Å². The van der Waals surface area contributed by atoms with E-state index in [4.69, 9.17) is 19.9 Å². The summed E-state index contributed by atoms with van der Waals surface area (Å²) in [6.07, 6.45) is 7.86. The van der Waals surface area contributed by atoms with Crippen LogP contribution in [0.3, 0.4) is 0 Å². The van der Waals surface area contributed by atoms with Crippen LogP contribution >= 0.6 is 0 Å². The van der Waals surface area contributed by atoms with Gasteiger partial charge in [-0.2, -0.15) is 0 Å². The molecule has 0 spiro atoms. The molecule has 0 radical (unpaired) electrons. The minimum atomic E-state index is -0.0174. The Hall–Kier alpha value is -4.79. The fourth-order valence-electron chi connectivity index (χ4n) is 5.80. The van der Waals surface area contributed by atoms with Crippen molar-refractivity contribution in [3.05, 3.63) is 108 Å². The van der Waals surface area contributed by atoms with Crippen molar-refractivity contribution in [2.45, 2.75) is 60.5 Å². The van der Waals surface area contributed by atoms with E-state index in [2.05, 4.69) is 110 Å². The summed E-state index contributed by atoms with van der Waals surface area (Å²) in [6, 6.07) is 24.7. The highest BCUT2D eigenvalue weighted by atomic mass is 16.5. The van der Waals surface area contributed by atoms with Crippen LogP contribution in [-0.4, -0.2) is 54.6 Å². The zero-order valence-electron chi connectivity index (χ0n) is 30.7. The number of rotatable bonds is 18. The third-order valence-electron chi connectivity index (χ3n) is 8.69. The maximum absolute atomic E-state index is 9.63. The Morgan fingerprint density at radius 1 is 0.940 bits per heavy atom. The Morgan fingerprint density at radius 3 is 2.32 bits per heavy atom. The molecule has 0 saturated carbocycles. The highest BCUT2D eigenvalue weighted by Crippen LogP contribution is 2.35. The first-order valence-electron chi connectivity index (χ1n) is 17.5. The maximum atomic E-state index is 9.63. The molecule has 4 aromatic rings. The third-order valence-corrected chi connectivity index (χ3v) is 8.69. The molecule has 3 aromatic carbocycles. The first kappa shape index (κ1) is 38.0. The number of aromatic nitrogens is 1. The molecule has 266 valence electrons. The summed E-state index contributed by atoms with van der Waals surface area (Å²) in [4.78, 5) is 6.76. The molecule has 8 heteroatoms. The van der Waals surface area contributed by atoms with Crippen molar-refractivity contribution >= 4 is 17.1 Å². The third kappa shape index (κ3) is 10.9. The van der Waals surface area contributed by atoms with Gasteiger partial charge in [-0.1, -0.05) is 61.4 Å². The second-order valence-electron chi connectivity index (χ2n) is 12.8. The van der Waals surface area contributed by atoms with Crippen molar-refractivity contribution in [3.63, 3.8) is 0 Å². The number of hydrogen-bond acceptors (Lipinski definition) is 8. The van der Waals surface area contributed by atoms with Crippen molar-refractivity contribution in [2.24, 2.45) is 5.92 Å². The lowest BCUT2D eigenvalue weighted by Gasteiger charge is -2.24. The van der Waals surface area contributed by atoms with Crippen molar-refractivity contribution in [1.82, 2.24) is 9.88 Å². The summed E-state index contributed by atoms with van der Waals surface area (Å²) < 4.78 is 17.2. The highest BCUT2D eigenvalue weighted by Gasteiger charge is 2.13. The summed E-state index contributed by atoms with van der Waals surface area (Å²) in [5, 5.41) is 13.2. The topological polar surface area (TPSA) is 102 Å². The minimum Gasteiger partial charge on any atom is -0.493 e. The molecule has 0 saturated heterocycles. The van der Waals surface area contributed by atoms with Gasteiger partial charge in [0.15, 0.2) is 11.5 Å². The number of anilines is 2. The number of aliphatic hydroxyl groups is 1. The van der Waals surface area contributed by atoms with E-state index in [1.54, 1.807) is 13.3 Å². The lowest BCUT2D eigenvalue weighted by Crippen LogP contribution is -2.22. The van der Waals surface area contributed by atoms with Crippen molar-refractivity contribution in [3.8, 4) is 33.8 Å². The van der Waals surface area contributed by atoms with Gasteiger partial charge >= 0.3 is 0 Å². The standard InChI is InChI=1S/C42H54N4O4/c1-8-33(20-21-47)27-46(25-30(4)34-12-10-29(3)11-13-34)26-31(5)45-38-17-14-35(15-18-38)39-22-37(24-44-42(39)43)36-16-19-40(41(23-36)48-7)50-28-32(6)49-9-2/h10-19,22-26,32-33,45,47H,8-9,20-21,27-28H2,1-7H3,(H2,43,44)/b30-25+,31-26+. The Morgan fingerprint density at radius 2 is 1.66 bits per heavy atom. The van der Waals surface area contributed by atoms with Crippen molar-refractivity contribution in [1.29, 1.82) is 0 Å². The number of hydrogen-bond donors (Lipinski definition) is 3. The second-order valence-corrected chi connectivity index (χ2v) is 12.8. The molecule has 0 bridgehead atoms. The number of nitrogen functional groups attached to an aromatic ring is 1. The number of aryl methyl sites for hydroxylation is 1. The van der Waals surface area contributed by atoms with E-state index in [0.29, 0.717) is 36.4 Å². The molecule has 2 atom stereocenters. The van der Waals surface area contributed by atoms with Crippen LogP contribution in [0.1, 0.15) is 58.6 Å². The van der Waals surface area contributed by atoms with E-state index in [1.165, 1.54) is 16.7 Å². The van der Waals surface area contributed by atoms with Crippen LogP contribution in [0, 0.1) is 12.8 Å². The van der Waals surface area contributed by atoms with Crippen LogP contribution in [0.2, 0.25) is 0 Å². The smallest absolute Gasteiger partial charge is 0.161 e. The SMILES string of the molecule is CCOC(C)COc1ccc(-c2cnc(N)c(-c3ccc(N/C(C)=C/N(/C=C(\C)c4ccc(C)cc4)CC(CC)CCO)cc3)c2)cc1OC. The zero-order chi connectivity index (χ0) is 36.0. The van der Waals surface area contributed by atoms with Gasteiger partial charge in [0.05, 0.1) is 13.2 Å². The predicted molar refractivity (Wildman–Crippen MR) is 207 cm³/mol. The number of pyridine rings is 1. The Labute approximate surface area is 298 Å². The van der Waals surface area contributed by atoms with E-state index >= 15 is 0 Å². The van der Waals surface area contributed by atoms with Crippen LogP contribution in [0.4, 0.5) is 11.5 Å². The molecule has 1 heterocycles. The molecule has 0 amide bonds. The number of allylic oxidation sites excluding steroid dienone is 2. The summed E-state index contributed by atoms with van der Waals surface area (Å²) in [5.74, 6) is 2.14. The van der Waals surface area contributed by atoms with E-state index in [0.717, 1.165) is 53.0 Å². The van der Waals surface area contributed by atoms with Gasteiger partial charge < -0.3 is 35.3 Å². The van der Waals surface area contributed by atoms with E-state index < -0.39 is 0 Å². The Bertz CT molecular complexity index is 1720. The number of ether oxygens (including phenoxy) is 3. The normalized spacial score (nSPS) is 13.1. The molecule has 0 fully saturated rings. The van der Waals surface area contributed by atoms with Gasteiger partial charge in [-0.25, -0.2) is 4.98 Å². The first-order valence-corrected chi connectivity index (χ1v) is 17.5.